The van der Waals surface area contributed by atoms with E-state index in [4.69, 9.17) is 4.74 Å². The van der Waals surface area contributed by atoms with Gasteiger partial charge in [-0.1, -0.05) is 35.9 Å². The number of piperazine rings is 1. The van der Waals surface area contributed by atoms with E-state index in [0.717, 1.165) is 15.4 Å². The number of para-hydroxylation sites is 1. The first-order valence-electron chi connectivity index (χ1n) is 11.7. The van der Waals surface area contributed by atoms with E-state index in [9.17, 15) is 17.6 Å². The summed E-state index contributed by atoms with van der Waals surface area (Å²) in [5.74, 6) is -0.413. The number of aryl methyl sites for hydroxylation is 2. The Hall–Kier alpha value is -3.59. The highest BCUT2D eigenvalue weighted by atomic mass is 32.2. The van der Waals surface area contributed by atoms with Gasteiger partial charge in [-0.05, 0) is 55.8 Å². The van der Waals surface area contributed by atoms with Gasteiger partial charge in [-0.2, -0.15) is 0 Å². The lowest BCUT2D eigenvalue weighted by molar-refractivity contribution is -0.129. The summed E-state index contributed by atoms with van der Waals surface area (Å²) < 4.78 is 48.4. The number of rotatable bonds is 7. The quantitative estimate of drug-likeness (QED) is 0.480. The highest BCUT2D eigenvalue weighted by Gasteiger charge is 2.32. The van der Waals surface area contributed by atoms with Crippen LogP contribution < -0.4 is 13.9 Å². The molecule has 0 radical (unpaired) electrons. The summed E-state index contributed by atoms with van der Waals surface area (Å²) in [5, 5.41) is 0. The van der Waals surface area contributed by atoms with Crippen LogP contribution >= 0.6 is 0 Å². The number of amides is 1. The Kier molecular flexibility index (Phi) is 7.49. The summed E-state index contributed by atoms with van der Waals surface area (Å²) in [7, 11) is -2.71. The van der Waals surface area contributed by atoms with E-state index in [-0.39, 0.29) is 28.9 Å². The van der Waals surface area contributed by atoms with Gasteiger partial charge in [0.1, 0.15) is 23.0 Å². The first kappa shape index (κ1) is 25.5. The fraction of sp³-hybridized carbons (Fsp3) is 0.296. The van der Waals surface area contributed by atoms with Crippen LogP contribution in [0, 0.1) is 19.7 Å². The van der Waals surface area contributed by atoms with Crippen molar-refractivity contribution in [3.8, 4) is 5.75 Å². The van der Waals surface area contributed by atoms with Gasteiger partial charge >= 0.3 is 0 Å². The predicted molar refractivity (Wildman–Crippen MR) is 139 cm³/mol. The Balaban J connectivity index is 1.59. The molecule has 0 N–H and O–H groups in total. The molecule has 4 rings (SSSR count). The summed E-state index contributed by atoms with van der Waals surface area (Å²) in [4.78, 5) is 16.9. The highest BCUT2D eigenvalue weighted by molar-refractivity contribution is 7.93. The summed E-state index contributed by atoms with van der Waals surface area (Å²) in [6, 6.07) is 18.5. The Morgan fingerprint density at radius 1 is 0.944 bits per heavy atom. The van der Waals surface area contributed by atoms with Gasteiger partial charge in [0.15, 0.2) is 0 Å². The lowest BCUT2D eigenvalue weighted by Crippen LogP contribution is -2.52. The van der Waals surface area contributed by atoms with Crippen LogP contribution in [0.25, 0.3) is 0 Å². The second-order valence-electron chi connectivity index (χ2n) is 8.82. The molecule has 36 heavy (non-hydrogen) atoms. The molecule has 0 saturated carbocycles. The number of hydrogen-bond donors (Lipinski definition) is 0. The van der Waals surface area contributed by atoms with Crippen LogP contribution in [0.1, 0.15) is 11.1 Å². The summed E-state index contributed by atoms with van der Waals surface area (Å²) in [5.41, 5.74) is 2.62. The number of carbonyl (C=O) groups excluding carboxylic acids is 1. The molecule has 1 heterocycles. The topological polar surface area (TPSA) is 70.2 Å². The van der Waals surface area contributed by atoms with Crippen molar-refractivity contribution < 1.29 is 22.3 Å². The standard InChI is InChI=1S/C27H30FN3O4S/c1-20-8-11-22(12-9-20)31(36(33,34)26-18-21(2)10-13-25(26)35-3)19-27(32)30-16-14-29(15-17-30)24-7-5-4-6-23(24)28/h4-13,18H,14-17,19H2,1-3H3. The van der Waals surface area contributed by atoms with E-state index < -0.39 is 10.0 Å². The number of nitrogens with zero attached hydrogens (tertiary/aromatic N) is 3. The molecule has 7 nitrogen and oxygen atoms in total. The summed E-state index contributed by atoms with van der Waals surface area (Å²) in [6.45, 7) is 4.99. The molecule has 1 saturated heterocycles. The maximum Gasteiger partial charge on any atom is 0.268 e. The average molecular weight is 512 g/mol. The molecule has 3 aromatic rings. The molecule has 0 aromatic heterocycles. The van der Waals surface area contributed by atoms with Crippen LogP contribution in [-0.2, 0) is 14.8 Å². The SMILES string of the molecule is COc1ccc(C)cc1S(=O)(=O)N(CC(=O)N1CCN(c2ccccc2F)CC1)c1ccc(C)cc1. The second kappa shape index (κ2) is 10.6. The van der Waals surface area contributed by atoms with Gasteiger partial charge < -0.3 is 14.5 Å². The van der Waals surface area contributed by atoms with E-state index >= 15 is 0 Å². The van der Waals surface area contributed by atoms with Gasteiger partial charge in [0.05, 0.1) is 18.5 Å². The number of sulfonamides is 1. The molecular weight excluding hydrogens is 481 g/mol. The zero-order chi connectivity index (χ0) is 25.9. The molecule has 0 bridgehead atoms. The average Bonchev–Trinajstić information content (AvgIpc) is 2.88. The van der Waals surface area contributed by atoms with E-state index in [2.05, 4.69) is 0 Å². The maximum absolute atomic E-state index is 14.2. The zero-order valence-corrected chi connectivity index (χ0v) is 21.5. The minimum Gasteiger partial charge on any atom is -0.495 e. The lowest BCUT2D eigenvalue weighted by atomic mass is 10.2. The van der Waals surface area contributed by atoms with Gasteiger partial charge in [-0.3, -0.25) is 9.10 Å². The molecule has 190 valence electrons. The molecule has 1 amide bonds. The van der Waals surface area contributed by atoms with Crippen LogP contribution in [0.15, 0.2) is 71.6 Å². The molecule has 0 atom stereocenters. The predicted octanol–water partition coefficient (Wildman–Crippen LogP) is 4.00. The highest BCUT2D eigenvalue weighted by Crippen LogP contribution is 2.31. The van der Waals surface area contributed by atoms with Crippen molar-refractivity contribution in [2.75, 3.05) is 49.0 Å². The number of benzene rings is 3. The fourth-order valence-electron chi connectivity index (χ4n) is 4.26. The second-order valence-corrected chi connectivity index (χ2v) is 10.7. The number of carbonyl (C=O) groups is 1. The van der Waals surface area contributed by atoms with E-state index in [1.165, 1.54) is 13.2 Å². The van der Waals surface area contributed by atoms with Crippen molar-refractivity contribution in [3.63, 3.8) is 0 Å². The maximum atomic E-state index is 14.2. The smallest absolute Gasteiger partial charge is 0.268 e. The van der Waals surface area contributed by atoms with Gasteiger partial charge in [0.2, 0.25) is 5.91 Å². The van der Waals surface area contributed by atoms with Crippen molar-refractivity contribution in [1.82, 2.24) is 4.90 Å². The van der Waals surface area contributed by atoms with Crippen molar-refractivity contribution in [2.45, 2.75) is 18.7 Å². The number of halogens is 1. The monoisotopic (exact) mass is 511 g/mol. The molecule has 1 aliphatic rings. The van der Waals surface area contributed by atoms with Crippen molar-refractivity contribution in [3.05, 3.63) is 83.7 Å². The molecule has 0 spiro atoms. The molecule has 1 aliphatic heterocycles. The van der Waals surface area contributed by atoms with E-state index in [1.807, 2.05) is 24.0 Å². The Morgan fingerprint density at radius 3 is 2.22 bits per heavy atom. The Bertz CT molecular complexity index is 1340. The number of ether oxygens (including phenoxy) is 1. The summed E-state index contributed by atoms with van der Waals surface area (Å²) in [6.07, 6.45) is 0. The fourth-order valence-corrected chi connectivity index (χ4v) is 5.92. The lowest BCUT2D eigenvalue weighted by Gasteiger charge is -2.37. The third-order valence-corrected chi connectivity index (χ3v) is 8.11. The van der Waals surface area contributed by atoms with Crippen molar-refractivity contribution in [2.24, 2.45) is 0 Å². The van der Waals surface area contributed by atoms with Crippen LogP contribution in [0.3, 0.4) is 0 Å². The molecule has 3 aromatic carbocycles. The Morgan fingerprint density at radius 2 is 1.58 bits per heavy atom. The van der Waals surface area contributed by atoms with E-state index in [0.29, 0.717) is 37.6 Å². The minimum atomic E-state index is -4.12. The first-order chi connectivity index (χ1) is 17.2. The molecule has 9 heteroatoms. The number of anilines is 2. The molecule has 0 aliphatic carbocycles. The van der Waals surface area contributed by atoms with Crippen LogP contribution in [0.4, 0.5) is 15.8 Å². The first-order valence-corrected chi connectivity index (χ1v) is 13.2. The number of methoxy groups -OCH3 is 1. The third-order valence-electron chi connectivity index (χ3n) is 6.31. The molecule has 1 fully saturated rings. The van der Waals surface area contributed by atoms with Crippen molar-refractivity contribution >= 4 is 27.3 Å². The van der Waals surface area contributed by atoms with E-state index in [1.54, 1.807) is 60.4 Å². The minimum absolute atomic E-state index is 0.00254. The molecule has 0 unspecified atom stereocenters. The largest absolute Gasteiger partial charge is 0.495 e. The molecular formula is C27H30FN3O4S. The van der Waals surface area contributed by atoms with Gasteiger partial charge in [0, 0.05) is 26.2 Å². The third kappa shape index (κ3) is 5.31. The van der Waals surface area contributed by atoms with Gasteiger partial charge in [0.25, 0.3) is 10.0 Å². The van der Waals surface area contributed by atoms with Crippen LogP contribution in [0.5, 0.6) is 5.75 Å². The van der Waals surface area contributed by atoms with Crippen LogP contribution in [-0.4, -0.2) is 59.1 Å². The number of hydrogen-bond acceptors (Lipinski definition) is 5. The Labute approximate surface area is 211 Å². The zero-order valence-electron chi connectivity index (χ0n) is 20.6. The van der Waals surface area contributed by atoms with Crippen molar-refractivity contribution in [1.29, 1.82) is 0 Å². The van der Waals surface area contributed by atoms with Crippen LogP contribution in [0.2, 0.25) is 0 Å². The van der Waals surface area contributed by atoms with Gasteiger partial charge in [-0.25, -0.2) is 12.8 Å². The summed E-state index contributed by atoms with van der Waals surface area (Å²) >= 11 is 0. The normalized spacial score (nSPS) is 14.0. The van der Waals surface area contributed by atoms with Gasteiger partial charge in [-0.15, -0.1) is 0 Å².